The van der Waals surface area contributed by atoms with Gasteiger partial charge in [-0.1, -0.05) is 288 Å². The molecular weight excluding hydrogens is 877 g/mol. The number of esters is 3. The summed E-state index contributed by atoms with van der Waals surface area (Å²) in [6.07, 6.45) is 73.5. The lowest BCUT2D eigenvalue weighted by atomic mass is 10.0. The number of carbonyl (C=O) groups excluding carboxylic acids is 3. The number of hydrogen-bond acceptors (Lipinski definition) is 6. The maximum atomic E-state index is 12.7. The molecule has 416 valence electrons. The van der Waals surface area contributed by atoms with Gasteiger partial charge < -0.3 is 14.2 Å². The Morgan fingerprint density at radius 1 is 0.282 bits per heavy atom. The molecule has 0 aliphatic heterocycles. The third kappa shape index (κ3) is 58.4. The van der Waals surface area contributed by atoms with Crippen LogP contribution in [-0.4, -0.2) is 37.2 Å². The summed E-state index contributed by atoms with van der Waals surface area (Å²) in [5.41, 5.74) is 0. The second-order valence-electron chi connectivity index (χ2n) is 21.3. The molecule has 0 spiro atoms. The van der Waals surface area contributed by atoms with Crippen LogP contribution in [0.1, 0.15) is 342 Å². The predicted octanol–water partition coefficient (Wildman–Crippen LogP) is 21.2. The topological polar surface area (TPSA) is 78.9 Å². The van der Waals surface area contributed by atoms with Crippen molar-refractivity contribution in [1.82, 2.24) is 0 Å². The number of ether oxygens (including phenoxy) is 3. The van der Waals surface area contributed by atoms with E-state index in [1.165, 1.54) is 218 Å². The van der Waals surface area contributed by atoms with E-state index in [0.29, 0.717) is 19.3 Å². The maximum Gasteiger partial charge on any atom is 0.306 e. The van der Waals surface area contributed by atoms with Crippen LogP contribution in [0.2, 0.25) is 0 Å². The van der Waals surface area contributed by atoms with E-state index < -0.39 is 6.10 Å². The number of allylic oxidation sites excluding steroid dienone is 6. The number of unbranched alkanes of at least 4 members (excludes halogenated alkanes) is 41. The third-order valence-electron chi connectivity index (χ3n) is 14.1. The summed E-state index contributed by atoms with van der Waals surface area (Å²) < 4.78 is 16.8. The molecule has 71 heavy (non-hydrogen) atoms. The molecule has 0 aliphatic rings. The molecule has 0 aromatic carbocycles. The van der Waals surface area contributed by atoms with Crippen molar-refractivity contribution < 1.29 is 28.6 Å². The molecule has 0 radical (unpaired) electrons. The van der Waals surface area contributed by atoms with Gasteiger partial charge in [0.05, 0.1) is 0 Å². The molecule has 0 amide bonds. The lowest BCUT2D eigenvalue weighted by molar-refractivity contribution is -0.167. The smallest absolute Gasteiger partial charge is 0.306 e. The summed E-state index contributed by atoms with van der Waals surface area (Å²) in [6, 6.07) is 0. The average molecular weight is 998 g/mol. The quantitative estimate of drug-likeness (QED) is 0.0261. The van der Waals surface area contributed by atoms with Crippen molar-refractivity contribution in [3.05, 3.63) is 36.5 Å². The van der Waals surface area contributed by atoms with Crippen LogP contribution in [0.5, 0.6) is 0 Å². The first-order valence-electron chi connectivity index (χ1n) is 31.5. The summed E-state index contributed by atoms with van der Waals surface area (Å²) in [5, 5.41) is 0. The van der Waals surface area contributed by atoms with Gasteiger partial charge in [-0.25, -0.2) is 0 Å². The van der Waals surface area contributed by atoms with Gasteiger partial charge in [-0.05, 0) is 70.6 Å². The van der Waals surface area contributed by atoms with Crippen molar-refractivity contribution in [2.24, 2.45) is 0 Å². The van der Waals surface area contributed by atoms with Gasteiger partial charge in [0, 0.05) is 19.3 Å². The van der Waals surface area contributed by atoms with Crippen molar-refractivity contribution in [3.63, 3.8) is 0 Å². The summed E-state index contributed by atoms with van der Waals surface area (Å²) in [4.78, 5) is 37.9. The molecule has 0 saturated carbocycles. The van der Waals surface area contributed by atoms with Gasteiger partial charge in [0.25, 0.3) is 0 Å². The average Bonchev–Trinajstić information content (AvgIpc) is 3.37. The summed E-state index contributed by atoms with van der Waals surface area (Å²) in [5.74, 6) is -0.871. The zero-order valence-electron chi connectivity index (χ0n) is 47.8. The predicted molar refractivity (Wildman–Crippen MR) is 307 cm³/mol. The molecule has 0 heterocycles. The normalized spacial score (nSPS) is 12.2. The first-order valence-corrected chi connectivity index (χ1v) is 31.5. The molecule has 0 bridgehead atoms. The molecule has 0 N–H and O–H groups in total. The molecule has 6 nitrogen and oxygen atoms in total. The van der Waals surface area contributed by atoms with Crippen molar-refractivity contribution in [2.45, 2.75) is 348 Å². The Hall–Kier alpha value is -2.37. The van der Waals surface area contributed by atoms with Crippen LogP contribution in [0.15, 0.2) is 36.5 Å². The fourth-order valence-corrected chi connectivity index (χ4v) is 9.36. The molecule has 6 heteroatoms. The second kappa shape index (κ2) is 60.2. The highest BCUT2D eigenvalue weighted by Gasteiger charge is 2.19. The molecule has 0 aromatic rings. The summed E-state index contributed by atoms with van der Waals surface area (Å²) in [6.45, 7) is 6.56. The molecule has 1 unspecified atom stereocenters. The molecule has 0 rings (SSSR count). The van der Waals surface area contributed by atoms with Crippen LogP contribution in [0.3, 0.4) is 0 Å². The highest BCUT2D eigenvalue weighted by Crippen LogP contribution is 2.18. The molecule has 1 atom stereocenters. The minimum atomic E-state index is -0.769. The van der Waals surface area contributed by atoms with Crippen LogP contribution in [-0.2, 0) is 28.6 Å². The summed E-state index contributed by atoms with van der Waals surface area (Å²) >= 11 is 0. The van der Waals surface area contributed by atoms with Crippen molar-refractivity contribution in [2.75, 3.05) is 13.2 Å². The standard InChI is InChI=1S/C65H120O6/c1-4-7-10-13-16-19-21-22-23-24-25-26-27-28-29-30-31-32-33-34-35-36-37-38-39-40-41-42-43-44-45-47-49-52-55-58-64(67)70-61-62(60-69-63(66)57-54-51-48-18-15-12-9-6-3)71-65(68)59-56-53-50-46-20-17-14-11-8-5-2/h11,14,21-22,24-25,62H,4-10,12-13,15-20,23,26-61H2,1-3H3/b14-11-,22-21-,25-24-. The van der Waals surface area contributed by atoms with Crippen LogP contribution < -0.4 is 0 Å². The van der Waals surface area contributed by atoms with Gasteiger partial charge in [0.1, 0.15) is 13.2 Å². The van der Waals surface area contributed by atoms with Gasteiger partial charge in [-0.15, -0.1) is 0 Å². The van der Waals surface area contributed by atoms with E-state index in [4.69, 9.17) is 14.2 Å². The molecule has 0 aliphatic carbocycles. The van der Waals surface area contributed by atoms with Gasteiger partial charge in [0.15, 0.2) is 6.10 Å². The maximum absolute atomic E-state index is 12.7. The van der Waals surface area contributed by atoms with Crippen molar-refractivity contribution in [1.29, 1.82) is 0 Å². The Morgan fingerprint density at radius 3 is 0.845 bits per heavy atom. The van der Waals surface area contributed by atoms with Gasteiger partial charge in [-0.2, -0.15) is 0 Å². The lowest BCUT2D eigenvalue weighted by Gasteiger charge is -2.18. The first kappa shape index (κ1) is 68.6. The molecular formula is C65H120O6. The van der Waals surface area contributed by atoms with Crippen molar-refractivity contribution in [3.8, 4) is 0 Å². The van der Waals surface area contributed by atoms with E-state index >= 15 is 0 Å². The summed E-state index contributed by atoms with van der Waals surface area (Å²) in [7, 11) is 0. The highest BCUT2D eigenvalue weighted by molar-refractivity contribution is 5.71. The molecule has 0 saturated heterocycles. The fourth-order valence-electron chi connectivity index (χ4n) is 9.36. The Bertz CT molecular complexity index is 1190. The Kier molecular flexibility index (Phi) is 58.2. The van der Waals surface area contributed by atoms with Gasteiger partial charge in [0.2, 0.25) is 0 Å². The largest absolute Gasteiger partial charge is 0.462 e. The zero-order valence-corrected chi connectivity index (χ0v) is 47.8. The lowest BCUT2D eigenvalue weighted by Crippen LogP contribution is -2.30. The minimum absolute atomic E-state index is 0.0707. The SMILES string of the molecule is CCC/C=C\CCCCCCCC(=O)OC(COC(=O)CCCCCCCCCC)COC(=O)CCCCCCCCCCCCCCCCCCCCCCCCC/C=C\C/C=C\CCCCCCC. The van der Waals surface area contributed by atoms with E-state index in [1.807, 2.05) is 0 Å². The van der Waals surface area contributed by atoms with Crippen molar-refractivity contribution >= 4 is 17.9 Å². The second-order valence-corrected chi connectivity index (χ2v) is 21.3. The number of rotatable bonds is 58. The Morgan fingerprint density at radius 2 is 0.535 bits per heavy atom. The van der Waals surface area contributed by atoms with E-state index in [-0.39, 0.29) is 31.1 Å². The van der Waals surface area contributed by atoms with E-state index in [9.17, 15) is 14.4 Å². The zero-order chi connectivity index (χ0) is 51.4. The van der Waals surface area contributed by atoms with Gasteiger partial charge in [-0.3, -0.25) is 14.4 Å². The van der Waals surface area contributed by atoms with Crippen LogP contribution in [0, 0.1) is 0 Å². The monoisotopic (exact) mass is 997 g/mol. The minimum Gasteiger partial charge on any atom is -0.462 e. The fraction of sp³-hybridized carbons (Fsp3) is 0.862. The first-order chi connectivity index (χ1) is 35.0. The number of hydrogen-bond donors (Lipinski definition) is 0. The number of carbonyl (C=O) groups is 3. The van der Waals surface area contributed by atoms with E-state index in [0.717, 1.165) is 83.5 Å². The molecule has 0 aromatic heterocycles. The van der Waals surface area contributed by atoms with Gasteiger partial charge >= 0.3 is 17.9 Å². The van der Waals surface area contributed by atoms with Crippen LogP contribution in [0.4, 0.5) is 0 Å². The van der Waals surface area contributed by atoms with Crippen LogP contribution >= 0.6 is 0 Å². The van der Waals surface area contributed by atoms with E-state index in [1.54, 1.807) is 0 Å². The van der Waals surface area contributed by atoms with E-state index in [2.05, 4.69) is 57.2 Å². The third-order valence-corrected chi connectivity index (χ3v) is 14.1. The Balaban J connectivity index is 3.86. The highest BCUT2D eigenvalue weighted by atomic mass is 16.6. The molecule has 0 fully saturated rings. The van der Waals surface area contributed by atoms with Crippen LogP contribution in [0.25, 0.3) is 0 Å². The Labute approximate surface area is 442 Å².